The highest BCUT2D eigenvalue weighted by atomic mass is 15.1. The third-order valence-corrected chi connectivity index (χ3v) is 3.95. The van der Waals surface area contributed by atoms with E-state index in [-0.39, 0.29) is 0 Å². The predicted octanol–water partition coefficient (Wildman–Crippen LogP) is 3.89. The van der Waals surface area contributed by atoms with Gasteiger partial charge in [0.05, 0.1) is 11.2 Å². The van der Waals surface area contributed by atoms with Crippen molar-refractivity contribution in [1.29, 1.82) is 0 Å². The van der Waals surface area contributed by atoms with Crippen molar-refractivity contribution in [2.75, 3.05) is 11.1 Å². The molecule has 0 aliphatic rings. The molecule has 0 spiro atoms. The van der Waals surface area contributed by atoms with Gasteiger partial charge in [0.1, 0.15) is 5.82 Å². The van der Waals surface area contributed by atoms with Gasteiger partial charge >= 0.3 is 0 Å². The number of nitrogen functional groups attached to an aromatic ring is 1. The van der Waals surface area contributed by atoms with E-state index in [2.05, 4.69) is 27.4 Å². The van der Waals surface area contributed by atoms with Crippen LogP contribution in [0.5, 0.6) is 0 Å². The monoisotopic (exact) mass is 327 g/mol. The molecule has 4 rings (SSSR count). The summed E-state index contributed by atoms with van der Waals surface area (Å²) in [6.07, 6.45) is 1.75. The van der Waals surface area contributed by atoms with Crippen LogP contribution < -0.4 is 11.1 Å². The van der Waals surface area contributed by atoms with Crippen LogP contribution in [0.2, 0.25) is 0 Å². The van der Waals surface area contributed by atoms with Crippen molar-refractivity contribution in [2.24, 2.45) is 0 Å². The molecule has 0 unspecified atom stereocenters. The molecule has 2 heterocycles. The normalized spacial score (nSPS) is 10.7. The molecule has 2 aromatic heterocycles. The molecule has 0 saturated heterocycles. The fourth-order valence-electron chi connectivity index (χ4n) is 2.69. The topological polar surface area (TPSA) is 76.7 Å². The fraction of sp³-hybridized carbons (Fsp3) is 0.0500. The van der Waals surface area contributed by atoms with Crippen LogP contribution in [0.4, 0.5) is 11.8 Å². The highest BCUT2D eigenvalue weighted by Gasteiger charge is 2.09. The summed E-state index contributed by atoms with van der Waals surface area (Å²) in [5, 5.41) is 4.32. The first-order chi connectivity index (χ1) is 12.3. The molecule has 122 valence electrons. The number of benzene rings is 2. The minimum atomic E-state index is 0.511. The lowest BCUT2D eigenvalue weighted by Gasteiger charge is -2.10. The standard InChI is InChI=1S/C20H17N5/c21-18-11-10-14(12-22-18)13-23-20-24-17-9-5-4-8-16(17)19(25-20)15-6-2-1-3-7-15/h1-12H,13H2,(H2,21,22)(H,23,24,25). The van der Waals surface area contributed by atoms with E-state index in [1.165, 1.54) is 0 Å². The Morgan fingerprint density at radius 2 is 1.64 bits per heavy atom. The van der Waals surface area contributed by atoms with Crippen molar-refractivity contribution in [3.05, 3.63) is 78.5 Å². The van der Waals surface area contributed by atoms with Gasteiger partial charge in [0.2, 0.25) is 5.95 Å². The summed E-state index contributed by atoms with van der Waals surface area (Å²) < 4.78 is 0. The van der Waals surface area contributed by atoms with Crippen molar-refractivity contribution >= 4 is 22.7 Å². The second-order valence-corrected chi connectivity index (χ2v) is 5.72. The number of rotatable bonds is 4. The van der Waals surface area contributed by atoms with E-state index in [0.717, 1.165) is 27.7 Å². The van der Waals surface area contributed by atoms with Crippen LogP contribution >= 0.6 is 0 Å². The van der Waals surface area contributed by atoms with E-state index < -0.39 is 0 Å². The highest BCUT2D eigenvalue weighted by Crippen LogP contribution is 2.27. The number of aromatic nitrogens is 3. The molecule has 3 N–H and O–H groups in total. The Labute approximate surface area is 145 Å². The van der Waals surface area contributed by atoms with Gasteiger partial charge in [-0.1, -0.05) is 54.6 Å². The van der Waals surface area contributed by atoms with Crippen LogP contribution in [0.1, 0.15) is 5.56 Å². The van der Waals surface area contributed by atoms with Gasteiger partial charge in [0.25, 0.3) is 0 Å². The van der Waals surface area contributed by atoms with E-state index >= 15 is 0 Å². The van der Waals surface area contributed by atoms with Crippen LogP contribution in [0.15, 0.2) is 72.9 Å². The number of hydrogen-bond donors (Lipinski definition) is 2. The molecule has 4 aromatic rings. The fourth-order valence-corrected chi connectivity index (χ4v) is 2.69. The lowest BCUT2D eigenvalue weighted by Crippen LogP contribution is -2.05. The lowest BCUT2D eigenvalue weighted by atomic mass is 10.1. The summed E-state index contributed by atoms with van der Waals surface area (Å²) in [6, 6.07) is 21.9. The number of nitrogens with zero attached hydrogens (tertiary/aromatic N) is 3. The quantitative estimate of drug-likeness (QED) is 0.595. The predicted molar refractivity (Wildman–Crippen MR) is 101 cm³/mol. The van der Waals surface area contributed by atoms with Gasteiger partial charge in [-0.25, -0.2) is 15.0 Å². The first kappa shape index (κ1) is 15.1. The summed E-state index contributed by atoms with van der Waals surface area (Å²) in [5.41, 5.74) is 9.54. The first-order valence-corrected chi connectivity index (χ1v) is 8.06. The maximum Gasteiger partial charge on any atom is 0.224 e. The van der Waals surface area contributed by atoms with Crippen LogP contribution in [0.3, 0.4) is 0 Å². The third kappa shape index (κ3) is 3.26. The summed E-state index contributed by atoms with van der Waals surface area (Å²) in [5.74, 6) is 1.10. The minimum absolute atomic E-state index is 0.511. The smallest absolute Gasteiger partial charge is 0.224 e. The number of hydrogen-bond acceptors (Lipinski definition) is 5. The maximum atomic E-state index is 5.62. The summed E-state index contributed by atoms with van der Waals surface area (Å²) >= 11 is 0. The van der Waals surface area contributed by atoms with Crippen molar-refractivity contribution in [1.82, 2.24) is 15.0 Å². The number of pyridine rings is 1. The van der Waals surface area contributed by atoms with Gasteiger partial charge in [-0.3, -0.25) is 0 Å². The second kappa shape index (κ2) is 6.57. The zero-order chi connectivity index (χ0) is 17.1. The number of nitrogens with two attached hydrogens (primary N) is 1. The number of fused-ring (bicyclic) bond motifs is 1. The maximum absolute atomic E-state index is 5.62. The van der Waals surface area contributed by atoms with Crippen molar-refractivity contribution in [2.45, 2.75) is 6.54 Å². The number of nitrogens with one attached hydrogen (secondary N) is 1. The summed E-state index contributed by atoms with van der Waals surface area (Å²) in [4.78, 5) is 13.5. The molecule has 0 radical (unpaired) electrons. The molecule has 0 amide bonds. The van der Waals surface area contributed by atoms with Crippen LogP contribution in [-0.2, 0) is 6.54 Å². The second-order valence-electron chi connectivity index (χ2n) is 5.72. The highest BCUT2D eigenvalue weighted by molar-refractivity contribution is 5.93. The first-order valence-electron chi connectivity index (χ1n) is 8.06. The molecule has 0 atom stereocenters. The van der Waals surface area contributed by atoms with Gasteiger partial charge in [0, 0.05) is 23.7 Å². The van der Waals surface area contributed by atoms with Crippen molar-refractivity contribution < 1.29 is 0 Å². The molecule has 5 nitrogen and oxygen atoms in total. The van der Waals surface area contributed by atoms with Gasteiger partial charge in [-0.05, 0) is 17.7 Å². The van der Waals surface area contributed by atoms with Crippen LogP contribution in [0, 0.1) is 0 Å². The zero-order valence-corrected chi connectivity index (χ0v) is 13.6. The van der Waals surface area contributed by atoms with E-state index in [1.54, 1.807) is 12.3 Å². The van der Waals surface area contributed by atoms with E-state index in [1.807, 2.05) is 48.5 Å². The van der Waals surface area contributed by atoms with Gasteiger partial charge in [0.15, 0.2) is 0 Å². The number of para-hydroxylation sites is 1. The molecule has 0 aliphatic heterocycles. The molecule has 2 aromatic carbocycles. The zero-order valence-electron chi connectivity index (χ0n) is 13.6. The van der Waals surface area contributed by atoms with Crippen LogP contribution in [0.25, 0.3) is 22.2 Å². The van der Waals surface area contributed by atoms with Gasteiger partial charge in [-0.15, -0.1) is 0 Å². The molecule has 0 saturated carbocycles. The van der Waals surface area contributed by atoms with Gasteiger partial charge < -0.3 is 11.1 Å². The van der Waals surface area contributed by atoms with Crippen molar-refractivity contribution in [3.8, 4) is 11.3 Å². The molecule has 0 bridgehead atoms. The Bertz CT molecular complexity index is 997. The Kier molecular flexibility index (Phi) is 3.96. The SMILES string of the molecule is Nc1ccc(CNc2nc(-c3ccccc3)c3ccccc3n2)cn1. The van der Waals surface area contributed by atoms with Crippen molar-refractivity contribution in [3.63, 3.8) is 0 Å². The average molecular weight is 327 g/mol. The summed E-state index contributed by atoms with van der Waals surface area (Å²) in [7, 11) is 0. The molecule has 0 fully saturated rings. The molecular formula is C20H17N5. The Balaban J connectivity index is 1.71. The molecule has 5 heteroatoms. The summed E-state index contributed by atoms with van der Waals surface area (Å²) in [6.45, 7) is 0.583. The van der Waals surface area contributed by atoms with E-state index in [4.69, 9.17) is 10.7 Å². The largest absolute Gasteiger partial charge is 0.384 e. The lowest BCUT2D eigenvalue weighted by molar-refractivity contribution is 1.06. The van der Waals surface area contributed by atoms with Crippen LogP contribution in [-0.4, -0.2) is 15.0 Å². The Morgan fingerprint density at radius 3 is 2.44 bits per heavy atom. The van der Waals surface area contributed by atoms with Gasteiger partial charge in [-0.2, -0.15) is 0 Å². The Hall–Kier alpha value is -3.47. The Morgan fingerprint density at radius 1 is 0.840 bits per heavy atom. The molecule has 25 heavy (non-hydrogen) atoms. The molecule has 0 aliphatic carbocycles. The number of anilines is 2. The third-order valence-electron chi connectivity index (χ3n) is 3.95. The van der Waals surface area contributed by atoms with E-state index in [9.17, 15) is 0 Å². The van der Waals surface area contributed by atoms with E-state index in [0.29, 0.717) is 18.3 Å². The minimum Gasteiger partial charge on any atom is -0.384 e. The average Bonchev–Trinajstić information content (AvgIpc) is 2.67. The molecular weight excluding hydrogens is 310 g/mol.